The molecule has 0 aliphatic rings. The lowest BCUT2D eigenvalue weighted by Gasteiger charge is -2.20. The predicted octanol–water partition coefficient (Wildman–Crippen LogP) is 1.96. The molecular weight excluding hydrogens is 240 g/mol. The lowest BCUT2D eigenvalue weighted by molar-refractivity contribution is -0.120. The van der Waals surface area contributed by atoms with E-state index < -0.39 is 0 Å². The molecule has 2 N–H and O–H groups in total. The number of benzene rings is 1. The second kappa shape index (κ2) is 5.22. The van der Waals surface area contributed by atoms with Gasteiger partial charge in [-0.3, -0.25) is 4.79 Å². The van der Waals surface area contributed by atoms with Crippen LogP contribution in [0.5, 0.6) is 0 Å². The Morgan fingerprint density at radius 1 is 1.26 bits per heavy atom. The van der Waals surface area contributed by atoms with Crippen LogP contribution in [-0.4, -0.2) is 28.2 Å². The number of hydrogen-bond acceptors (Lipinski definition) is 4. The number of nitrogens with zero attached hydrogens (tertiary/aromatic N) is 2. The van der Waals surface area contributed by atoms with Gasteiger partial charge in [-0.15, -0.1) is 5.10 Å². The molecule has 0 saturated carbocycles. The molecule has 2 rings (SSSR count). The van der Waals surface area contributed by atoms with E-state index in [1.165, 1.54) is 0 Å². The first-order chi connectivity index (χ1) is 8.96. The van der Waals surface area contributed by atoms with E-state index in [2.05, 4.69) is 20.8 Å². The van der Waals surface area contributed by atoms with Gasteiger partial charge in [0.25, 0.3) is 0 Å². The minimum atomic E-state index is -0.233. The number of nitrogens with one attached hydrogen (secondary N) is 2. The summed E-state index contributed by atoms with van der Waals surface area (Å²) in [7, 11) is 0. The molecule has 1 aromatic carbocycles. The molecule has 1 aromatic heterocycles. The first-order valence-corrected chi connectivity index (χ1v) is 6.21. The number of rotatable bonds is 3. The minimum absolute atomic E-state index is 0.0674. The van der Waals surface area contributed by atoms with Gasteiger partial charge in [0.05, 0.1) is 12.7 Å². The molecule has 0 radical (unpaired) electrons. The number of amides is 1. The number of fused-ring (bicyclic) bond motifs is 1. The zero-order valence-electron chi connectivity index (χ0n) is 11.4. The molecule has 5 heteroatoms. The fourth-order valence-electron chi connectivity index (χ4n) is 1.78. The Balaban J connectivity index is 2.08. The highest BCUT2D eigenvalue weighted by atomic mass is 16.2. The summed E-state index contributed by atoms with van der Waals surface area (Å²) in [5.74, 6) is 0.560. The third-order valence-corrected chi connectivity index (χ3v) is 2.50. The van der Waals surface area contributed by atoms with E-state index in [0.717, 1.165) is 10.8 Å². The largest absolute Gasteiger partial charge is 0.359 e. The van der Waals surface area contributed by atoms with Gasteiger partial charge >= 0.3 is 0 Å². The molecule has 0 atom stereocenters. The van der Waals surface area contributed by atoms with E-state index >= 15 is 0 Å². The van der Waals surface area contributed by atoms with Crippen LogP contribution >= 0.6 is 0 Å². The molecule has 5 nitrogen and oxygen atoms in total. The average Bonchev–Trinajstić information content (AvgIpc) is 2.34. The SMILES string of the molecule is CC(C)(C)NC(=O)CNc1nncc2ccccc12. The van der Waals surface area contributed by atoms with Crippen molar-refractivity contribution in [2.75, 3.05) is 11.9 Å². The van der Waals surface area contributed by atoms with Crippen molar-refractivity contribution in [3.05, 3.63) is 30.5 Å². The Morgan fingerprint density at radius 3 is 2.74 bits per heavy atom. The number of aromatic nitrogens is 2. The maximum absolute atomic E-state index is 11.7. The Bertz CT molecular complexity index is 584. The summed E-state index contributed by atoms with van der Waals surface area (Å²) >= 11 is 0. The van der Waals surface area contributed by atoms with Crippen molar-refractivity contribution in [3.63, 3.8) is 0 Å². The lowest BCUT2D eigenvalue weighted by Crippen LogP contribution is -2.43. The highest BCUT2D eigenvalue weighted by Gasteiger charge is 2.13. The topological polar surface area (TPSA) is 66.9 Å². The van der Waals surface area contributed by atoms with Crippen molar-refractivity contribution >= 4 is 22.5 Å². The Labute approximate surface area is 112 Å². The highest BCUT2D eigenvalue weighted by molar-refractivity contribution is 5.92. The Morgan fingerprint density at radius 2 is 2.00 bits per heavy atom. The highest BCUT2D eigenvalue weighted by Crippen LogP contribution is 2.18. The molecular formula is C14H18N4O. The smallest absolute Gasteiger partial charge is 0.239 e. The van der Waals surface area contributed by atoms with Gasteiger partial charge in [0.1, 0.15) is 0 Å². The fraction of sp³-hybridized carbons (Fsp3) is 0.357. The normalized spacial score (nSPS) is 11.3. The predicted molar refractivity (Wildman–Crippen MR) is 75.9 cm³/mol. The van der Waals surface area contributed by atoms with Gasteiger partial charge in [0.15, 0.2) is 5.82 Å². The van der Waals surface area contributed by atoms with Gasteiger partial charge in [-0.2, -0.15) is 5.10 Å². The van der Waals surface area contributed by atoms with E-state index in [1.54, 1.807) is 6.20 Å². The third-order valence-electron chi connectivity index (χ3n) is 2.50. The molecule has 0 unspecified atom stereocenters. The van der Waals surface area contributed by atoms with Gasteiger partial charge in [0, 0.05) is 16.3 Å². The number of carbonyl (C=O) groups is 1. The molecule has 0 spiro atoms. The third kappa shape index (κ3) is 3.64. The summed E-state index contributed by atoms with van der Waals surface area (Å²) in [5.41, 5.74) is -0.233. The van der Waals surface area contributed by atoms with Gasteiger partial charge in [-0.1, -0.05) is 24.3 Å². The molecule has 100 valence electrons. The second-order valence-corrected chi connectivity index (χ2v) is 5.43. The maximum atomic E-state index is 11.7. The molecule has 19 heavy (non-hydrogen) atoms. The van der Waals surface area contributed by atoms with Gasteiger partial charge in [0.2, 0.25) is 5.91 Å². The van der Waals surface area contributed by atoms with Crippen molar-refractivity contribution in [2.24, 2.45) is 0 Å². The summed E-state index contributed by atoms with van der Waals surface area (Å²) < 4.78 is 0. The molecule has 0 aliphatic carbocycles. The van der Waals surface area contributed by atoms with Crippen molar-refractivity contribution < 1.29 is 4.79 Å². The lowest BCUT2D eigenvalue weighted by atomic mass is 10.1. The fourth-order valence-corrected chi connectivity index (χ4v) is 1.78. The monoisotopic (exact) mass is 258 g/mol. The standard InChI is InChI=1S/C14H18N4O/c1-14(2,3)17-12(19)9-15-13-11-7-5-4-6-10(11)8-16-18-13/h4-8H,9H2,1-3H3,(H,15,18)(H,17,19). The van der Waals surface area contributed by atoms with E-state index in [9.17, 15) is 4.79 Å². The second-order valence-electron chi connectivity index (χ2n) is 5.43. The van der Waals surface area contributed by atoms with Crippen LogP contribution in [0.2, 0.25) is 0 Å². The number of hydrogen-bond donors (Lipinski definition) is 2. The molecule has 0 saturated heterocycles. The van der Waals surface area contributed by atoms with Crippen LogP contribution in [-0.2, 0) is 4.79 Å². The maximum Gasteiger partial charge on any atom is 0.239 e. The zero-order valence-corrected chi connectivity index (χ0v) is 11.4. The van der Waals surface area contributed by atoms with Crippen molar-refractivity contribution in [2.45, 2.75) is 26.3 Å². The molecule has 2 aromatic rings. The van der Waals surface area contributed by atoms with Crippen LogP contribution in [0, 0.1) is 0 Å². The van der Waals surface area contributed by atoms with Crippen LogP contribution < -0.4 is 10.6 Å². The van der Waals surface area contributed by atoms with Crippen molar-refractivity contribution in [1.82, 2.24) is 15.5 Å². The van der Waals surface area contributed by atoms with Crippen LogP contribution in [0.1, 0.15) is 20.8 Å². The quantitative estimate of drug-likeness (QED) is 0.883. The summed E-state index contributed by atoms with van der Waals surface area (Å²) in [6.07, 6.45) is 1.70. The van der Waals surface area contributed by atoms with Crippen LogP contribution in [0.25, 0.3) is 10.8 Å². The van der Waals surface area contributed by atoms with Gasteiger partial charge < -0.3 is 10.6 Å². The Hall–Kier alpha value is -2.17. The van der Waals surface area contributed by atoms with E-state index in [-0.39, 0.29) is 18.0 Å². The Kier molecular flexibility index (Phi) is 3.64. The molecule has 1 heterocycles. The zero-order chi connectivity index (χ0) is 13.9. The number of carbonyl (C=O) groups excluding carboxylic acids is 1. The van der Waals surface area contributed by atoms with Crippen molar-refractivity contribution in [3.8, 4) is 0 Å². The average molecular weight is 258 g/mol. The summed E-state index contributed by atoms with van der Waals surface area (Å²) in [6, 6.07) is 7.79. The van der Waals surface area contributed by atoms with Crippen LogP contribution in [0.3, 0.4) is 0 Å². The minimum Gasteiger partial charge on any atom is -0.359 e. The first-order valence-electron chi connectivity index (χ1n) is 6.21. The summed E-state index contributed by atoms with van der Waals surface area (Å²) in [5, 5.41) is 15.8. The van der Waals surface area contributed by atoms with Crippen LogP contribution in [0.4, 0.5) is 5.82 Å². The molecule has 0 bridgehead atoms. The van der Waals surface area contributed by atoms with Gasteiger partial charge in [-0.05, 0) is 20.8 Å². The molecule has 0 fully saturated rings. The summed E-state index contributed by atoms with van der Waals surface area (Å²) in [6.45, 7) is 6.02. The van der Waals surface area contributed by atoms with Crippen LogP contribution in [0.15, 0.2) is 30.5 Å². The summed E-state index contributed by atoms with van der Waals surface area (Å²) in [4.78, 5) is 11.7. The van der Waals surface area contributed by atoms with E-state index in [4.69, 9.17) is 0 Å². The first kappa shape index (κ1) is 13.3. The van der Waals surface area contributed by atoms with E-state index in [1.807, 2.05) is 45.0 Å². The molecule has 1 amide bonds. The number of anilines is 1. The van der Waals surface area contributed by atoms with Crippen molar-refractivity contribution in [1.29, 1.82) is 0 Å². The van der Waals surface area contributed by atoms with Gasteiger partial charge in [-0.25, -0.2) is 0 Å². The van der Waals surface area contributed by atoms with E-state index in [0.29, 0.717) is 5.82 Å². The molecule has 0 aliphatic heterocycles.